The third kappa shape index (κ3) is 1.45. The molecule has 2 aliphatic rings. The number of hydrogen-bond acceptors (Lipinski definition) is 4. The van der Waals surface area contributed by atoms with Crippen LogP contribution in [0.15, 0.2) is 18.2 Å². The maximum atomic E-state index is 8.72. The molecule has 3 rings (SSSR count). The molecular weight excluding hydrogens is 188 g/mol. The summed E-state index contributed by atoms with van der Waals surface area (Å²) in [5.74, 6) is 2.35. The average Bonchev–Trinajstić information content (AvgIpc) is 2.75. The summed E-state index contributed by atoms with van der Waals surface area (Å²) >= 11 is 0. The summed E-state index contributed by atoms with van der Waals surface area (Å²) in [6.45, 7) is 2.22. The molecule has 1 aromatic heterocycles. The molecule has 0 aromatic carbocycles. The Morgan fingerprint density at radius 3 is 2.93 bits per heavy atom. The molecule has 1 saturated heterocycles. The molecular formula is C11H12N4. The van der Waals surface area contributed by atoms with Crippen molar-refractivity contribution in [2.24, 2.45) is 11.8 Å². The molecule has 1 aliphatic heterocycles. The number of nitrogens with zero attached hydrogens (tertiary/aromatic N) is 2. The Morgan fingerprint density at radius 1 is 1.40 bits per heavy atom. The lowest BCUT2D eigenvalue weighted by Crippen LogP contribution is -2.21. The van der Waals surface area contributed by atoms with Crippen molar-refractivity contribution in [2.75, 3.05) is 18.4 Å². The standard InChI is InChI=1S/C11H12N4/c12-4-7-2-1-3-10(14-7)15-11-8-5-13-6-9(8)11/h1-3,8-9,11,13H,5-6H2,(H,14,15). The number of fused-ring (bicyclic) bond motifs is 1. The molecule has 2 unspecified atom stereocenters. The van der Waals surface area contributed by atoms with Crippen molar-refractivity contribution in [3.63, 3.8) is 0 Å². The Balaban J connectivity index is 1.70. The Labute approximate surface area is 88.3 Å². The molecule has 2 fully saturated rings. The van der Waals surface area contributed by atoms with Crippen molar-refractivity contribution >= 4 is 5.82 Å². The fourth-order valence-corrected chi connectivity index (χ4v) is 2.38. The largest absolute Gasteiger partial charge is 0.367 e. The van der Waals surface area contributed by atoms with E-state index in [1.807, 2.05) is 18.2 Å². The van der Waals surface area contributed by atoms with Crippen LogP contribution in [0.3, 0.4) is 0 Å². The van der Waals surface area contributed by atoms with Gasteiger partial charge < -0.3 is 10.6 Å². The molecule has 0 bridgehead atoms. The highest BCUT2D eigenvalue weighted by Crippen LogP contribution is 2.43. The van der Waals surface area contributed by atoms with E-state index in [1.165, 1.54) is 0 Å². The fourth-order valence-electron chi connectivity index (χ4n) is 2.38. The Bertz CT molecular complexity index is 413. The molecule has 2 heterocycles. The lowest BCUT2D eigenvalue weighted by Gasteiger charge is -2.07. The summed E-state index contributed by atoms with van der Waals surface area (Å²) in [7, 11) is 0. The number of piperidine rings is 1. The molecule has 2 N–H and O–H groups in total. The van der Waals surface area contributed by atoms with E-state index in [9.17, 15) is 0 Å². The van der Waals surface area contributed by atoms with Gasteiger partial charge in [0.15, 0.2) is 0 Å². The van der Waals surface area contributed by atoms with Crippen LogP contribution in [0.5, 0.6) is 0 Å². The molecule has 2 atom stereocenters. The van der Waals surface area contributed by atoms with Crippen LogP contribution in [0.4, 0.5) is 5.82 Å². The normalized spacial score (nSPS) is 31.8. The first-order chi connectivity index (χ1) is 7.38. The third-order valence-electron chi connectivity index (χ3n) is 3.27. The van der Waals surface area contributed by atoms with Crippen molar-refractivity contribution in [3.05, 3.63) is 23.9 Å². The molecule has 0 amide bonds. The third-order valence-corrected chi connectivity index (χ3v) is 3.27. The van der Waals surface area contributed by atoms with Gasteiger partial charge in [0, 0.05) is 19.1 Å². The highest BCUT2D eigenvalue weighted by Gasteiger charge is 2.53. The van der Waals surface area contributed by atoms with Gasteiger partial charge in [0.2, 0.25) is 0 Å². The van der Waals surface area contributed by atoms with Gasteiger partial charge in [0.25, 0.3) is 0 Å². The van der Waals surface area contributed by atoms with E-state index >= 15 is 0 Å². The molecule has 76 valence electrons. The number of aromatic nitrogens is 1. The molecule has 1 aromatic rings. The maximum absolute atomic E-state index is 8.72. The van der Waals surface area contributed by atoms with Crippen LogP contribution >= 0.6 is 0 Å². The zero-order valence-corrected chi connectivity index (χ0v) is 8.27. The predicted molar refractivity (Wildman–Crippen MR) is 56.2 cm³/mol. The number of nitrogens with one attached hydrogen (secondary N) is 2. The van der Waals surface area contributed by atoms with Gasteiger partial charge in [-0.3, -0.25) is 0 Å². The molecule has 0 radical (unpaired) electrons. The lowest BCUT2D eigenvalue weighted by atomic mass is 10.3. The first-order valence-corrected chi connectivity index (χ1v) is 5.23. The smallest absolute Gasteiger partial charge is 0.142 e. The SMILES string of the molecule is N#Cc1cccc(NC2C3CNCC32)n1. The fraction of sp³-hybridized carbons (Fsp3) is 0.455. The van der Waals surface area contributed by atoms with Crippen LogP contribution < -0.4 is 10.6 Å². The van der Waals surface area contributed by atoms with Gasteiger partial charge in [-0.25, -0.2) is 4.98 Å². The molecule has 0 spiro atoms. The van der Waals surface area contributed by atoms with Gasteiger partial charge in [-0.15, -0.1) is 0 Å². The minimum atomic E-state index is 0.476. The van der Waals surface area contributed by atoms with E-state index in [0.717, 1.165) is 30.7 Å². The van der Waals surface area contributed by atoms with Crippen molar-refractivity contribution in [1.82, 2.24) is 10.3 Å². The van der Waals surface area contributed by atoms with Gasteiger partial charge in [-0.1, -0.05) is 6.07 Å². The first-order valence-electron chi connectivity index (χ1n) is 5.23. The number of pyridine rings is 1. The minimum absolute atomic E-state index is 0.476. The van der Waals surface area contributed by atoms with Crippen molar-refractivity contribution < 1.29 is 0 Å². The second-order valence-electron chi connectivity index (χ2n) is 4.18. The van der Waals surface area contributed by atoms with Crippen LogP contribution in [0.1, 0.15) is 5.69 Å². The van der Waals surface area contributed by atoms with E-state index < -0.39 is 0 Å². The summed E-state index contributed by atoms with van der Waals surface area (Å²) in [6.07, 6.45) is 0. The van der Waals surface area contributed by atoms with Crippen molar-refractivity contribution in [1.29, 1.82) is 5.26 Å². The molecule has 4 heteroatoms. The van der Waals surface area contributed by atoms with E-state index in [0.29, 0.717) is 11.7 Å². The summed E-state index contributed by atoms with van der Waals surface area (Å²) in [5, 5.41) is 15.5. The van der Waals surface area contributed by atoms with E-state index in [-0.39, 0.29) is 0 Å². The highest BCUT2D eigenvalue weighted by atomic mass is 15.1. The van der Waals surface area contributed by atoms with Gasteiger partial charge in [-0.2, -0.15) is 5.26 Å². The number of rotatable bonds is 2. The van der Waals surface area contributed by atoms with Crippen LogP contribution in [0.25, 0.3) is 0 Å². The minimum Gasteiger partial charge on any atom is -0.367 e. The van der Waals surface area contributed by atoms with E-state index in [2.05, 4.69) is 15.6 Å². The van der Waals surface area contributed by atoms with Crippen LogP contribution in [-0.4, -0.2) is 24.1 Å². The van der Waals surface area contributed by atoms with Crippen molar-refractivity contribution in [2.45, 2.75) is 6.04 Å². The maximum Gasteiger partial charge on any atom is 0.142 e. The zero-order chi connectivity index (χ0) is 10.3. The van der Waals surface area contributed by atoms with Crippen LogP contribution in [0, 0.1) is 23.2 Å². The van der Waals surface area contributed by atoms with Crippen molar-refractivity contribution in [3.8, 4) is 6.07 Å². The highest BCUT2D eigenvalue weighted by molar-refractivity contribution is 5.42. The average molecular weight is 200 g/mol. The second-order valence-corrected chi connectivity index (χ2v) is 4.18. The lowest BCUT2D eigenvalue weighted by molar-refractivity contribution is 0.695. The second kappa shape index (κ2) is 3.21. The molecule has 4 nitrogen and oxygen atoms in total. The molecule has 1 aliphatic carbocycles. The Kier molecular flexibility index (Phi) is 1.86. The summed E-state index contributed by atoms with van der Waals surface area (Å²) in [4.78, 5) is 4.21. The quantitative estimate of drug-likeness (QED) is 0.733. The zero-order valence-electron chi connectivity index (χ0n) is 8.27. The Morgan fingerprint density at radius 2 is 2.20 bits per heavy atom. The van der Waals surface area contributed by atoms with Crippen LogP contribution in [0.2, 0.25) is 0 Å². The van der Waals surface area contributed by atoms with Crippen LogP contribution in [-0.2, 0) is 0 Å². The monoisotopic (exact) mass is 200 g/mol. The molecule has 15 heavy (non-hydrogen) atoms. The summed E-state index contributed by atoms with van der Waals surface area (Å²) in [5.41, 5.74) is 0.476. The van der Waals surface area contributed by atoms with Gasteiger partial charge in [-0.05, 0) is 24.0 Å². The summed E-state index contributed by atoms with van der Waals surface area (Å²) in [6, 6.07) is 8.12. The molecule has 1 saturated carbocycles. The van der Waals surface area contributed by atoms with E-state index in [1.54, 1.807) is 6.07 Å². The number of hydrogen-bond donors (Lipinski definition) is 2. The predicted octanol–water partition coefficient (Wildman–Crippen LogP) is 0.583. The van der Waals surface area contributed by atoms with Gasteiger partial charge in [0.1, 0.15) is 17.6 Å². The van der Waals surface area contributed by atoms with Gasteiger partial charge >= 0.3 is 0 Å². The van der Waals surface area contributed by atoms with Gasteiger partial charge in [0.05, 0.1) is 0 Å². The first kappa shape index (κ1) is 8.69. The topological polar surface area (TPSA) is 60.7 Å². The number of nitriles is 1. The Hall–Kier alpha value is -1.60. The summed E-state index contributed by atoms with van der Waals surface area (Å²) < 4.78 is 0. The number of anilines is 1. The van der Waals surface area contributed by atoms with E-state index in [4.69, 9.17) is 5.26 Å².